The van der Waals surface area contributed by atoms with Crippen molar-refractivity contribution < 1.29 is 19.7 Å². The number of ether oxygens (including phenoxy) is 1. The molecular formula is C21H21Cl2NO4S. The summed E-state index contributed by atoms with van der Waals surface area (Å²) in [6.45, 7) is 7.78. The number of aliphatic hydroxyl groups is 1. The topological polar surface area (TPSA) is 71.1 Å². The fourth-order valence-electron chi connectivity index (χ4n) is 3.90. The fraction of sp³-hybridized carbons (Fsp3) is 0.429. The largest absolute Gasteiger partial charge is 0.493 e. The van der Waals surface area contributed by atoms with Gasteiger partial charge in [-0.2, -0.15) is 0 Å². The van der Waals surface area contributed by atoms with Crippen molar-refractivity contribution in [2.75, 3.05) is 6.61 Å². The van der Waals surface area contributed by atoms with Crippen LogP contribution in [0.4, 0.5) is 0 Å². The van der Waals surface area contributed by atoms with E-state index in [0.29, 0.717) is 27.1 Å². The minimum Gasteiger partial charge on any atom is -0.493 e. The maximum Gasteiger partial charge on any atom is 0.345 e. The van der Waals surface area contributed by atoms with Crippen molar-refractivity contribution in [3.8, 4) is 5.75 Å². The monoisotopic (exact) mass is 453 g/mol. The zero-order chi connectivity index (χ0) is 21.0. The second-order valence-electron chi connectivity index (χ2n) is 7.21. The summed E-state index contributed by atoms with van der Waals surface area (Å²) in [5.41, 5.74) is 0. The highest BCUT2D eigenvalue weighted by atomic mass is 35.5. The van der Waals surface area contributed by atoms with E-state index in [1.54, 1.807) is 24.3 Å². The second kappa shape index (κ2) is 9.82. The maximum absolute atomic E-state index is 11.0. The predicted molar refractivity (Wildman–Crippen MR) is 114 cm³/mol. The Morgan fingerprint density at radius 3 is 2.59 bits per heavy atom. The molecule has 0 aliphatic heterocycles. The molecule has 0 spiro atoms. The molecule has 3 rings (SSSR count). The number of carbonyl (C=O) groups is 1. The number of hydrogen-bond donors (Lipinski definition) is 2. The van der Waals surface area contributed by atoms with E-state index in [0.717, 1.165) is 24.1 Å². The highest BCUT2D eigenvalue weighted by Crippen LogP contribution is 2.39. The van der Waals surface area contributed by atoms with Crippen LogP contribution in [-0.4, -0.2) is 34.9 Å². The van der Waals surface area contributed by atoms with Crippen molar-refractivity contribution in [2.45, 2.75) is 37.8 Å². The lowest BCUT2D eigenvalue weighted by Crippen LogP contribution is -2.27. The van der Waals surface area contributed by atoms with Crippen LogP contribution in [-0.2, 0) is 6.42 Å². The first kappa shape index (κ1) is 21.9. The van der Waals surface area contributed by atoms with E-state index >= 15 is 0 Å². The molecule has 4 atom stereocenters. The van der Waals surface area contributed by atoms with Crippen LogP contribution in [0.5, 0.6) is 5.75 Å². The first-order valence-corrected chi connectivity index (χ1v) is 10.9. The normalized spacial score (nSPS) is 23.7. The van der Waals surface area contributed by atoms with Crippen LogP contribution < -0.4 is 4.74 Å². The van der Waals surface area contributed by atoms with Crippen LogP contribution in [0.15, 0.2) is 30.3 Å². The van der Waals surface area contributed by atoms with Crippen molar-refractivity contribution in [1.82, 2.24) is 0 Å². The van der Waals surface area contributed by atoms with Gasteiger partial charge in [-0.05, 0) is 49.6 Å². The third-order valence-electron chi connectivity index (χ3n) is 5.30. The molecule has 154 valence electrons. The number of aliphatic hydroxyl groups excluding tert-OH is 1. The molecule has 0 amide bonds. The van der Waals surface area contributed by atoms with Gasteiger partial charge in [0.2, 0.25) is 6.04 Å². The highest BCUT2D eigenvalue weighted by Gasteiger charge is 2.46. The first-order valence-electron chi connectivity index (χ1n) is 9.33. The Kier molecular flexibility index (Phi) is 7.42. The van der Waals surface area contributed by atoms with E-state index in [1.807, 2.05) is 6.07 Å². The minimum absolute atomic E-state index is 0.0241. The van der Waals surface area contributed by atoms with Crippen LogP contribution in [0.25, 0.3) is 4.85 Å². The van der Waals surface area contributed by atoms with Gasteiger partial charge in [-0.3, -0.25) is 0 Å². The smallest absolute Gasteiger partial charge is 0.345 e. The number of halogens is 2. The number of aryl methyl sites for hydroxylation is 1. The summed E-state index contributed by atoms with van der Waals surface area (Å²) in [5, 5.41) is 20.5. The molecule has 1 saturated carbocycles. The number of carboxylic acid groups (broad SMARTS) is 1. The Bertz CT molecular complexity index is 890. The lowest BCUT2D eigenvalue weighted by molar-refractivity contribution is 0.0701. The summed E-state index contributed by atoms with van der Waals surface area (Å²) in [7, 11) is 0. The Morgan fingerprint density at radius 1 is 1.24 bits per heavy atom. The molecule has 1 fully saturated rings. The van der Waals surface area contributed by atoms with E-state index < -0.39 is 12.1 Å². The Labute approximate surface area is 183 Å². The van der Waals surface area contributed by atoms with Gasteiger partial charge in [0, 0.05) is 33.2 Å². The molecule has 0 radical (unpaired) electrons. The highest BCUT2D eigenvalue weighted by molar-refractivity contribution is 7.13. The number of aromatic carboxylic acids is 1. The number of thiophene rings is 1. The quantitative estimate of drug-likeness (QED) is 0.521. The summed E-state index contributed by atoms with van der Waals surface area (Å²) in [5.74, 6) is -0.494. The summed E-state index contributed by atoms with van der Waals surface area (Å²) in [4.78, 5) is 16.1. The molecule has 1 aliphatic rings. The van der Waals surface area contributed by atoms with Gasteiger partial charge in [-0.1, -0.05) is 23.2 Å². The van der Waals surface area contributed by atoms with Crippen molar-refractivity contribution in [3.05, 3.63) is 61.5 Å². The van der Waals surface area contributed by atoms with Gasteiger partial charge < -0.3 is 19.8 Å². The Morgan fingerprint density at radius 2 is 1.97 bits per heavy atom. The van der Waals surface area contributed by atoms with Gasteiger partial charge in [0.15, 0.2) is 0 Å². The molecule has 8 heteroatoms. The zero-order valence-electron chi connectivity index (χ0n) is 15.6. The average molecular weight is 454 g/mol. The first-order chi connectivity index (χ1) is 13.9. The van der Waals surface area contributed by atoms with Crippen LogP contribution in [0.3, 0.4) is 0 Å². The lowest BCUT2D eigenvalue weighted by Gasteiger charge is -2.22. The fourth-order valence-corrected chi connectivity index (χ4v) is 5.30. The molecule has 1 heterocycles. The third kappa shape index (κ3) is 5.64. The van der Waals surface area contributed by atoms with Gasteiger partial charge in [-0.15, -0.1) is 11.3 Å². The van der Waals surface area contributed by atoms with E-state index in [-0.39, 0.29) is 24.5 Å². The molecule has 0 bridgehead atoms. The van der Waals surface area contributed by atoms with Crippen molar-refractivity contribution in [3.63, 3.8) is 0 Å². The standard InChI is InChI=1S/C21H21Cl2NO4S/c1-24-18-10-19(25)17(11-28-14-8-12(22)7-13(23)9-14)16(18)4-2-3-15-5-6-20(29-15)21(26)27/h5-9,16-19,25H,2-4,10-11H2,(H,26,27)/t16-,17-,18-,19-/m1/s1. The Hall–Kier alpha value is -1.78. The number of hydrogen-bond acceptors (Lipinski definition) is 4. The van der Waals surface area contributed by atoms with Gasteiger partial charge in [0.1, 0.15) is 10.6 Å². The molecule has 0 saturated heterocycles. The summed E-state index contributed by atoms with van der Waals surface area (Å²) in [6.07, 6.45) is 2.21. The summed E-state index contributed by atoms with van der Waals surface area (Å²) < 4.78 is 5.84. The second-order valence-corrected chi connectivity index (χ2v) is 9.25. The van der Waals surface area contributed by atoms with E-state index in [2.05, 4.69) is 4.85 Å². The summed E-state index contributed by atoms with van der Waals surface area (Å²) in [6, 6.07) is 8.20. The molecule has 5 nitrogen and oxygen atoms in total. The molecule has 29 heavy (non-hydrogen) atoms. The number of nitrogens with zero attached hydrogens (tertiary/aromatic N) is 1. The van der Waals surface area contributed by atoms with Crippen molar-refractivity contribution >= 4 is 40.5 Å². The van der Waals surface area contributed by atoms with E-state index in [9.17, 15) is 9.90 Å². The molecular weight excluding hydrogens is 433 g/mol. The zero-order valence-corrected chi connectivity index (χ0v) is 17.9. The van der Waals surface area contributed by atoms with Gasteiger partial charge in [-0.25, -0.2) is 11.4 Å². The lowest BCUT2D eigenvalue weighted by atomic mass is 9.88. The number of benzene rings is 1. The van der Waals surface area contributed by atoms with Gasteiger partial charge >= 0.3 is 5.97 Å². The van der Waals surface area contributed by atoms with E-state index in [1.165, 1.54) is 11.3 Å². The van der Waals surface area contributed by atoms with Crippen LogP contribution >= 0.6 is 34.5 Å². The number of carboxylic acids is 1. The van der Waals surface area contributed by atoms with Crippen LogP contribution in [0.2, 0.25) is 10.0 Å². The molecule has 1 aromatic carbocycles. The van der Waals surface area contributed by atoms with Crippen LogP contribution in [0, 0.1) is 18.4 Å². The molecule has 1 aliphatic carbocycles. The molecule has 2 N–H and O–H groups in total. The summed E-state index contributed by atoms with van der Waals surface area (Å²) >= 11 is 13.3. The average Bonchev–Trinajstić information content (AvgIpc) is 3.24. The predicted octanol–water partition coefficient (Wildman–Crippen LogP) is 5.44. The van der Waals surface area contributed by atoms with E-state index in [4.69, 9.17) is 39.6 Å². The van der Waals surface area contributed by atoms with Gasteiger partial charge in [0.25, 0.3) is 0 Å². The van der Waals surface area contributed by atoms with Crippen LogP contribution in [0.1, 0.15) is 33.8 Å². The molecule has 0 unspecified atom stereocenters. The third-order valence-corrected chi connectivity index (χ3v) is 6.87. The van der Waals surface area contributed by atoms with Crippen molar-refractivity contribution in [1.29, 1.82) is 0 Å². The molecule has 2 aromatic rings. The number of rotatable bonds is 8. The minimum atomic E-state index is -0.911. The maximum atomic E-state index is 11.0. The van der Waals surface area contributed by atoms with Gasteiger partial charge in [0.05, 0.1) is 12.7 Å². The Balaban J connectivity index is 1.60. The molecule has 1 aromatic heterocycles. The SMILES string of the molecule is [C-]#[N+][C@@H]1C[C@@H](O)[C@H](COc2cc(Cl)cc(Cl)c2)[C@H]1CCCc1ccc(C(=O)O)s1. The van der Waals surface area contributed by atoms with Crippen molar-refractivity contribution in [2.24, 2.45) is 11.8 Å².